The fourth-order valence-electron chi connectivity index (χ4n) is 1.08. The van der Waals surface area contributed by atoms with Gasteiger partial charge in [0.15, 0.2) is 0 Å². The lowest BCUT2D eigenvalue weighted by Crippen LogP contribution is -2.34. The van der Waals surface area contributed by atoms with E-state index in [1.807, 2.05) is 20.8 Å². The minimum absolute atomic E-state index is 0.315. The highest BCUT2D eigenvalue weighted by molar-refractivity contribution is 5.97. The number of aliphatic hydroxyl groups excluding tert-OH is 1. The molecule has 1 aromatic rings. The van der Waals surface area contributed by atoms with Gasteiger partial charge in [-0.25, -0.2) is 0 Å². The molecule has 0 amide bonds. The van der Waals surface area contributed by atoms with E-state index >= 15 is 0 Å². The highest BCUT2D eigenvalue weighted by Crippen LogP contribution is 2.21. The minimum atomic E-state index is -1.00. The topological polar surface area (TPSA) is 55.1 Å². The lowest BCUT2D eigenvalue weighted by molar-refractivity contribution is 0.0437. The summed E-state index contributed by atoms with van der Waals surface area (Å²) in [5.41, 5.74) is -0.135. The Bertz CT molecular complexity index is 336. The average Bonchev–Trinajstić information content (AvgIpc) is 2.47. The predicted molar refractivity (Wildman–Crippen MR) is 53.0 cm³/mol. The van der Waals surface area contributed by atoms with Crippen LogP contribution in [-0.2, 0) is 7.05 Å². The van der Waals surface area contributed by atoms with Crippen LogP contribution >= 0.6 is 0 Å². The summed E-state index contributed by atoms with van der Waals surface area (Å²) in [7, 11) is 1.74. The quantitative estimate of drug-likeness (QED) is 0.718. The number of carbonyl (C=O) groups is 1. The van der Waals surface area contributed by atoms with Gasteiger partial charge in [-0.1, -0.05) is 20.8 Å². The van der Waals surface area contributed by atoms with Gasteiger partial charge in [-0.15, -0.1) is 0 Å². The van der Waals surface area contributed by atoms with Gasteiger partial charge in [0.05, 0.1) is 0 Å². The molecule has 0 aliphatic rings. The number of Topliss-reactive ketones (excluding diaryl/α,β-unsaturated/α-hetero) is 1. The third-order valence-corrected chi connectivity index (χ3v) is 2.03. The molecule has 4 nitrogen and oxygen atoms in total. The molecule has 0 aliphatic heterocycles. The van der Waals surface area contributed by atoms with E-state index in [1.54, 1.807) is 24.0 Å². The van der Waals surface area contributed by atoms with Gasteiger partial charge in [-0.2, -0.15) is 5.10 Å². The maximum absolute atomic E-state index is 11.7. The third-order valence-electron chi connectivity index (χ3n) is 2.03. The molecule has 1 N–H and O–H groups in total. The molecular weight excluding hydrogens is 180 g/mol. The molecule has 1 unspecified atom stereocenters. The van der Waals surface area contributed by atoms with Crippen molar-refractivity contribution in [2.24, 2.45) is 12.5 Å². The zero-order valence-corrected chi connectivity index (χ0v) is 8.98. The standard InChI is InChI=1S/C10H16N2O2/c1-10(2,3)9(14)8(13)7-5-6-12(4)11-7/h5-6,9,14H,1-4H3. The molecule has 0 radical (unpaired) electrons. The number of aryl methyl sites for hydroxylation is 1. The first-order chi connectivity index (χ1) is 6.32. The molecule has 4 heteroatoms. The Morgan fingerprint density at radius 2 is 2.14 bits per heavy atom. The van der Waals surface area contributed by atoms with Gasteiger partial charge in [0.25, 0.3) is 0 Å². The number of carbonyl (C=O) groups excluding carboxylic acids is 1. The molecule has 0 saturated carbocycles. The van der Waals surface area contributed by atoms with E-state index in [0.717, 1.165) is 0 Å². The summed E-state index contributed by atoms with van der Waals surface area (Å²) >= 11 is 0. The Balaban J connectivity index is 2.86. The van der Waals surface area contributed by atoms with E-state index in [9.17, 15) is 9.90 Å². The first-order valence-corrected chi connectivity index (χ1v) is 4.54. The molecule has 0 fully saturated rings. The van der Waals surface area contributed by atoms with E-state index in [4.69, 9.17) is 0 Å². The molecule has 1 aromatic heterocycles. The summed E-state index contributed by atoms with van der Waals surface area (Å²) in [6.45, 7) is 5.45. The van der Waals surface area contributed by atoms with Gasteiger partial charge in [-0.05, 0) is 11.5 Å². The summed E-state index contributed by atoms with van der Waals surface area (Å²) < 4.78 is 1.54. The summed E-state index contributed by atoms with van der Waals surface area (Å²) in [6.07, 6.45) is 0.681. The van der Waals surface area contributed by atoms with Crippen molar-refractivity contribution in [1.29, 1.82) is 0 Å². The van der Waals surface area contributed by atoms with Crippen LogP contribution in [0.25, 0.3) is 0 Å². The van der Waals surface area contributed by atoms with Crippen molar-refractivity contribution < 1.29 is 9.90 Å². The fourth-order valence-corrected chi connectivity index (χ4v) is 1.08. The van der Waals surface area contributed by atoms with Crippen LogP contribution < -0.4 is 0 Å². The Morgan fingerprint density at radius 3 is 2.50 bits per heavy atom. The van der Waals surface area contributed by atoms with Crippen molar-refractivity contribution >= 4 is 5.78 Å². The van der Waals surface area contributed by atoms with Crippen LogP contribution in [0, 0.1) is 5.41 Å². The van der Waals surface area contributed by atoms with Crippen molar-refractivity contribution in [2.45, 2.75) is 26.9 Å². The van der Waals surface area contributed by atoms with Gasteiger partial charge in [0.1, 0.15) is 11.8 Å². The van der Waals surface area contributed by atoms with Gasteiger partial charge in [0.2, 0.25) is 5.78 Å². The first kappa shape index (κ1) is 10.9. The van der Waals surface area contributed by atoms with Gasteiger partial charge in [0, 0.05) is 13.2 Å². The molecule has 1 rings (SSSR count). The summed E-state index contributed by atoms with van der Waals surface area (Å²) in [6, 6.07) is 1.61. The second-order valence-corrected chi connectivity index (χ2v) is 4.51. The highest BCUT2D eigenvalue weighted by Gasteiger charge is 2.30. The van der Waals surface area contributed by atoms with Gasteiger partial charge in [-0.3, -0.25) is 9.48 Å². The molecule has 0 saturated heterocycles. The van der Waals surface area contributed by atoms with Gasteiger partial charge < -0.3 is 5.11 Å². The maximum atomic E-state index is 11.7. The third kappa shape index (κ3) is 2.20. The number of nitrogens with zero attached hydrogens (tertiary/aromatic N) is 2. The molecule has 78 valence electrons. The van der Waals surface area contributed by atoms with Crippen LogP contribution in [0.1, 0.15) is 31.3 Å². The normalized spacial score (nSPS) is 14.1. The van der Waals surface area contributed by atoms with Crippen LogP contribution in [0.5, 0.6) is 0 Å². The molecule has 1 atom stereocenters. The number of hydrogen-bond acceptors (Lipinski definition) is 3. The summed E-state index contributed by atoms with van der Waals surface area (Å²) in [5.74, 6) is -0.321. The second-order valence-electron chi connectivity index (χ2n) is 4.51. The zero-order valence-electron chi connectivity index (χ0n) is 8.98. The SMILES string of the molecule is Cn1ccc(C(=O)C(O)C(C)(C)C)n1. The monoisotopic (exact) mass is 196 g/mol. The van der Waals surface area contributed by atoms with Crippen molar-refractivity contribution in [3.05, 3.63) is 18.0 Å². The number of rotatable bonds is 2. The van der Waals surface area contributed by atoms with Crippen molar-refractivity contribution in [3.63, 3.8) is 0 Å². The molecule has 0 aromatic carbocycles. The van der Waals surface area contributed by atoms with Crippen LogP contribution in [0.4, 0.5) is 0 Å². The molecular formula is C10H16N2O2. The smallest absolute Gasteiger partial charge is 0.211 e. The Kier molecular flexibility index (Phi) is 2.76. The predicted octanol–water partition coefficient (Wildman–Crippen LogP) is 1.01. The average molecular weight is 196 g/mol. The maximum Gasteiger partial charge on any atom is 0.211 e. The molecule has 0 spiro atoms. The van der Waals surface area contributed by atoms with Crippen LogP contribution in [-0.4, -0.2) is 26.8 Å². The number of aromatic nitrogens is 2. The van der Waals surface area contributed by atoms with Gasteiger partial charge >= 0.3 is 0 Å². The number of hydrogen-bond donors (Lipinski definition) is 1. The van der Waals surface area contributed by atoms with E-state index < -0.39 is 11.5 Å². The molecule has 14 heavy (non-hydrogen) atoms. The zero-order chi connectivity index (χ0) is 10.9. The Labute approximate surface area is 83.5 Å². The Morgan fingerprint density at radius 1 is 1.57 bits per heavy atom. The Hall–Kier alpha value is -1.16. The second kappa shape index (κ2) is 3.53. The van der Waals surface area contributed by atoms with Crippen LogP contribution in [0.3, 0.4) is 0 Å². The van der Waals surface area contributed by atoms with E-state index in [0.29, 0.717) is 5.69 Å². The first-order valence-electron chi connectivity index (χ1n) is 4.54. The van der Waals surface area contributed by atoms with E-state index in [2.05, 4.69) is 5.10 Å². The number of ketones is 1. The number of aliphatic hydroxyl groups is 1. The fraction of sp³-hybridized carbons (Fsp3) is 0.600. The summed E-state index contributed by atoms with van der Waals surface area (Å²) in [5, 5.41) is 13.7. The molecule has 0 aliphatic carbocycles. The highest BCUT2D eigenvalue weighted by atomic mass is 16.3. The molecule has 1 heterocycles. The summed E-state index contributed by atoms with van der Waals surface area (Å²) in [4.78, 5) is 11.7. The van der Waals surface area contributed by atoms with Crippen LogP contribution in [0.15, 0.2) is 12.3 Å². The largest absolute Gasteiger partial charge is 0.384 e. The van der Waals surface area contributed by atoms with E-state index in [-0.39, 0.29) is 5.78 Å². The van der Waals surface area contributed by atoms with Crippen LogP contribution in [0.2, 0.25) is 0 Å². The minimum Gasteiger partial charge on any atom is -0.384 e. The van der Waals surface area contributed by atoms with E-state index in [1.165, 1.54) is 0 Å². The van der Waals surface area contributed by atoms with Crippen molar-refractivity contribution in [1.82, 2.24) is 9.78 Å². The van der Waals surface area contributed by atoms with Crippen molar-refractivity contribution in [2.75, 3.05) is 0 Å². The lowest BCUT2D eigenvalue weighted by Gasteiger charge is -2.23. The lowest BCUT2D eigenvalue weighted by atomic mass is 9.86. The molecule has 0 bridgehead atoms. The van der Waals surface area contributed by atoms with Crippen molar-refractivity contribution in [3.8, 4) is 0 Å².